The third-order valence-corrected chi connectivity index (χ3v) is 4.23. The van der Waals surface area contributed by atoms with Crippen LogP contribution in [0.5, 0.6) is 0 Å². The molecule has 92 valence electrons. The van der Waals surface area contributed by atoms with Gasteiger partial charge in [-0.1, -0.05) is 23.7 Å². The van der Waals surface area contributed by atoms with Gasteiger partial charge in [0, 0.05) is 12.1 Å². The first-order chi connectivity index (χ1) is 8.68. The number of carbonyl (C=O) groups is 1. The maximum absolute atomic E-state index is 11.7. The zero-order valence-corrected chi connectivity index (χ0v) is 11.4. The smallest absolute Gasteiger partial charge is 0.325 e. The van der Waals surface area contributed by atoms with Crippen LogP contribution < -0.4 is 10.2 Å². The number of nitrogens with one attached hydrogen (secondary N) is 1. The predicted octanol–water partition coefficient (Wildman–Crippen LogP) is 4.82. The van der Waals surface area contributed by atoms with Crippen LogP contribution in [0.25, 0.3) is 0 Å². The molecule has 1 amide bonds. The number of nitrogens with zero attached hydrogens (tertiary/aromatic N) is 1. The summed E-state index contributed by atoms with van der Waals surface area (Å²) in [5.74, 6) is 0. The van der Waals surface area contributed by atoms with E-state index < -0.39 is 5.37 Å². The van der Waals surface area contributed by atoms with Crippen molar-refractivity contribution in [2.24, 2.45) is 0 Å². The van der Waals surface area contributed by atoms with Crippen LogP contribution in [0.3, 0.4) is 0 Å². The van der Waals surface area contributed by atoms with Crippen molar-refractivity contribution in [3.05, 3.63) is 39.5 Å². The molecule has 0 unspecified atom stereocenters. The average molecular weight is 299 g/mol. The van der Waals surface area contributed by atoms with E-state index in [1.807, 2.05) is 29.6 Å². The molecule has 1 aromatic carbocycles. The fourth-order valence-corrected chi connectivity index (χ4v) is 3.32. The predicted molar refractivity (Wildman–Crippen MR) is 76.5 cm³/mol. The van der Waals surface area contributed by atoms with E-state index in [-0.39, 0.29) is 0 Å². The van der Waals surface area contributed by atoms with Crippen molar-refractivity contribution >= 4 is 57.0 Å². The van der Waals surface area contributed by atoms with Crippen LogP contribution in [0, 0.1) is 0 Å². The summed E-state index contributed by atoms with van der Waals surface area (Å²) in [7, 11) is 0. The van der Waals surface area contributed by atoms with Gasteiger partial charge in [0.2, 0.25) is 0 Å². The Labute approximate surface area is 118 Å². The van der Waals surface area contributed by atoms with Gasteiger partial charge in [-0.2, -0.15) is 0 Å². The van der Waals surface area contributed by atoms with Crippen LogP contribution in [-0.2, 0) is 6.54 Å². The number of fused-ring (bicyclic) bond motifs is 2. The summed E-state index contributed by atoms with van der Waals surface area (Å²) in [4.78, 5) is 13.2. The molecule has 0 spiro atoms. The fraction of sp³-hybridized carbons (Fsp3) is 0.0833. The van der Waals surface area contributed by atoms with Crippen molar-refractivity contribution in [1.82, 2.24) is 0 Å². The molecule has 0 fully saturated rings. The quantitative estimate of drug-likeness (QED) is 0.558. The first-order valence-electron chi connectivity index (χ1n) is 5.27. The molecule has 0 radical (unpaired) electrons. The Morgan fingerprint density at radius 1 is 1.39 bits per heavy atom. The Balaban J connectivity index is 2.27. The standard InChI is InChI=1S/C12H8Cl2N2OS/c13-11-10-7(6-18-11)5-15-8-3-1-2-4-9(8)16(10)12(14)17/h1-4,6,15H,5H2. The Hall–Kier alpha value is -1.23. The lowest BCUT2D eigenvalue weighted by Gasteiger charge is -2.20. The summed E-state index contributed by atoms with van der Waals surface area (Å²) >= 11 is 13.3. The molecule has 1 N–H and O–H groups in total. The zero-order chi connectivity index (χ0) is 12.7. The van der Waals surface area contributed by atoms with E-state index in [1.165, 1.54) is 16.2 Å². The monoisotopic (exact) mass is 298 g/mol. The Morgan fingerprint density at radius 3 is 2.94 bits per heavy atom. The van der Waals surface area contributed by atoms with Gasteiger partial charge in [0.1, 0.15) is 4.34 Å². The highest BCUT2D eigenvalue weighted by Crippen LogP contribution is 2.45. The van der Waals surface area contributed by atoms with E-state index in [0.717, 1.165) is 16.9 Å². The van der Waals surface area contributed by atoms with Gasteiger partial charge in [0.15, 0.2) is 0 Å². The second-order valence-corrected chi connectivity index (χ2v) is 5.65. The van der Waals surface area contributed by atoms with Crippen molar-refractivity contribution in [2.75, 3.05) is 10.2 Å². The fourth-order valence-electron chi connectivity index (χ4n) is 2.03. The van der Waals surface area contributed by atoms with Gasteiger partial charge in [0.05, 0.1) is 17.1 Å². The first kappa shape index (κ1) is 11.8. The number of para-hydroxylation sites is 2. The highest BCUT2D eigenvalue weighted by atomic mass is 35.5. The molecule has 1 aliphatic heterocycles. The molecule has 2 heterocycles. The average Bonchev–Trinajstić information content (AvgIpc) is 2.61. The molecule has 3 nitrogen and oxygen atoms in total. The molecule has 0 saturated heterocycles. The Bertz CT molecular complexity index is 626. The van der Waals surface area contributed by atoms with E-state index in [9.17, 15) is 4.79 Å². The van der Waals surface area contributed by atoms with Gasteiger partial charge in [-0.3, -0.25) is 9.69 Å². The topological polar surface area (TPSA) is 32.3 Å². The van der Waals surface area contributed by atoms with E-state index in [1.54, 1.807) is 0 Å². The van der Waals surface area contributed by atoms with Crippen molar-refractivity contribution in [2.45, 2.75) is 6.54 Å². The summed E-state index contributed by atoms with van der Waals surface area (Å²) in [6.45, 7) is 0.621. The van der Waals surface area contributed by atoms with Gasteiger partial charge in [-0.05, 0) is 29.1 Å². The molecule has 1 aromatic heterocycles. The SMILES string of the molecule is O=C(Cl)N1c2ccccc2NCc2csc(Cl)c21. The molecular weight excluding hydrogens is 291 g/mol. The summed E-state index contributed by atoms with van der Waals surface area (Å²) in [6.07, 6.45) is 0. The molecule has 2 aromatic rings. The number of rotatable bonds is 0. The van der Waals surface area contributed by atoms with Crippen LogP contribution in [0.4, 0.5) is 21.9 Å². The number of carbonyl (C=O) groups excluding carboxylic acids is 1. The normalized spacial score (nSPS) is 13.3. The molecule has 0 atom stereocenters. The third kappa shape index (κ3) is 1.77. The van der Waals surface area contributed by atoms with Gasteiger partial charge in [0.25, 0.3) is 0 Å². The second kappa shape index (κ2) is 4.46. The van der Waals surface area contributed by atoms with E-state index >= 15 is 0 Å². The third-order valence-electron chi connectivity index (χ3n) is 2.81. The summed E-state index contributed by atoms with van der Waals surface area (Å²) in [5, 5.41) is 4.65. The lowest BCUT2D eigenvalue weighted by molar-refractivity contribution is 0.266. The molecule has 0 aliphatic carbocycles. The van der Waals surface area contributed by atoms with Crippen LogP contribution in [0.15, 0.2) is 29.6 Å². The minimum absolute atomic E-state index is 0.562. The molecule has 1 aliphatic rings. The largest absolute Gasteiger partial charge is 0.379 e. The molecule has 3 rings (SSSR count). The van der Waals surface area contributed by atoms with Crippen molar-refractivity contribution in [3.8, 4) is 0 Å². The van der Waals surface area contributed by atoms with Crippen molar-refractivity contribution < 1.29 is 4.79 Å². The van der Waals surface area contributed by atoms with Crippen LogP contribution in [-0.4, -0.2) is 5.37 Å². The van der Waals surface area contributed by atoms with Crippen LogP contribution in [0.1, 0.15) is 5.56 Å². The number of halogens is 2. The van der Waals surface area contributed by atoms with E-state index in [2.05, 4.69) is 5.32 Å². The number of hydrogen-bond donors (Lipinski definition) is 1. The first-order valence-corrected chi connectivity index (χ1v) is 6.90. The summed E-state index contributed by atoms with van der Waals surface area (Å²) in [6, 6.07) is 7.51. The maximum atomic E-state index is 11.7. The molecule has 0 saturated carbocycles. The molecule has 6 heteroatoms. The zero-order valence-electron chi connectivity index (χ0n) is 9.11. The number of anilines is 3. The van der Waals surface area contributed by atoms with E-state index in [4.69, 9.17) is 23.2 Å². The maximum Gasteiger partial charge on any atom is 0.325 e. The van der Waals surface area contributed by atoms with Crippen molar-refractivity contribution in [3.63, 3.8) is 0 Å². The number of hydrogen-bond acceptors (Lipinski definition) is 3. The Morgan fingerprint density at radius 2 is 2.17 bits per heavy atom. The van der Waals surface area contributed by atoms with Gasteiger partial charge >= 0.3 is 5.37 Å². The summed E-state index contributed by atoms with van der Waals surface area (Å²) < 4.78 is 0.567. The van der Waals surface area contributed by atoms with Crippen LogP contribution >= 0.6 is 34.5 Å². The minimum Gasteiger partial charge on any atom is -0.379 e. The second-order valence-electron chi connectivity index (χ2n) is 3.84. The van der Waals surface area contributed by atoms with Gasteiger partial charge < -0.3 is 5.32 Å². The Kier molecular flexibility index (Phi) is 2.93. The molecule has 18 heavy (non-hydrogen) atoms. The van der Waals surface area contributed by atoms with Gasteiger partial charge in [-0.25, -0.2) is 0 Å². The number of thiophene rings is 1. The number of amides is 1. The van der Waals surface area contributed by atoms with E-state index in [0.29, 0.717) is 16.6 Å². The van der Waals surface area contributed by atoms with Gasteiger partial charge in [-0.15, -0.1) is 11.3 Å². The lowest BCUT2D eigenvalue weighted by atomic mass is 10.2. The van der Waals surface area contributed by atoms with Crippen molar-refractivity contribution in [1.29, 1.82) is 0 Å². The van der Waals surface area contributed by atoms with Crippen LogP contribution in [0.2, 0.25) is 4.34 Å². The minimum atomic E-state index is -0.562. The highest BCUT2D eigenvalue weighted by molar-refractivity contribution is 7.15. The lowest BCUT2D eigenvalue weighted by Crippen LogP contribution is -2.19. The molecular formula is C12H8Cl2N2OS. The molecule has 0 bridgehead atoms. The summed E-state index contributed by atoms with van der Waals surface area (Å²) in [5.41, 5.74) is 3.23. The number of benzene rings is 1. The highest BCUT2D eigenvalue weighted by Gasteiger charge is 2.27.